The van der Waals surface area contributed by atoms with E-state index in [9.17, 15) is 13.6 Å². The Labute approximate surface area is 97.8 Å². The number of nitrogens with one attached hydrogen (secondary N) is 1. The molecule has 2 rings (SSSR count). The Morgan fingerprint density at radius 3 is 2.65 bits per heavy atom. The number of ether oxygens (including phenoxy) is 1. The first kappa shape index (κ1) is 12.0. The SMILES string of the molecule is O=C(NCc1cc(F)cc(F)c1)[C@H]1CCCO1. The predicted octanol–water partition coefficient (Wildman–Crippen LogP) is 1.76. The molecule has 1 aliphatic heterocycles. The minimum atomic E-state index is -0.647. The molecule has 1 saturated heterocycles. The van der Waals surface area contributed by atoms with Gasteiger partial charge in [-0.15, -0.1) is 0 Å². The molecule has 1 heterocycles. The lowest BCUT2D eigenvalue weighted by molar-refractivity contribution is -0.130. The van der Waals surface area contributed by atoms with Gasteiger partial charge in [0.05, 0.1) is 0 Å². The first-order valence-corrected chi connectivity index (χ1v) is 5.49. The van der Waals surface area contributed by atoms with E-state index in [1.807, 2.05) is 0 Å². The topological polar surface area (TPSA) is 38.3 Å². The summed E-state index contributed by atoms with van der Waals surface area (Å²) in [6.07, 6.45) is 1.14. The van der Waals surface area contributed by atoms with E-state index in [4.69, 9.17) is 4.74 Å². The van der Waals surface area contributed by atoms with Crippen molar-refractivity contribution in [1.82, 2.24) is 5.32 Å². The van der Waals surface area contributed by atoms with Crippen LogP contribution in [0, 0.1) is 11.6 Å². The number of carbonyl (C=O) groups excluding carboxylic acids is 1. The van der Waals surface area contributed by atoms with Crippen LogP contribution in [-0.4, -0.2) is 18.6 Å². The van der Waals surface area contributed by atoms with E-state index in [1.165, 1.54) is 12.1 Å². The quantitative estimate of drug-likeness (QED) is 0.875. The van der Waals surface area contributed by atoms with Crippen molar-refractivity contribution in [2.75, 3.05) is 6.61 Å². The Bertz CT molecular complexity index is 397. The molecule has 0 aromatic heterocycles. The number of hydrogen-bond donors (Lipinski definition) is 1. The van der Waals surface area contributed by atoms with Crippen molar-refractivity contribution in [3.8, 4) is 0 Å². The molecular formula is C12H13F2NO2. The highest BCUT2D eigenvalue weighted by atomic mass is 19.1. The standard InChI is InChI=1S/C12H13F2NO2/c13-9-4-8(5-10(14)6-9)7-15-12(16)11-2-1-3-17-11/h4-6,11H,1-3,7H2,(H,15,16)/t11-/m1/s1. The van der Waals surface area contributed by atoms with Gasteiger partial charge in [-0.1, -0.05) is 0 Å². The highest BCUT2D eigenvalue weighted by Gasteiger charge is 2.22. The molecule has 0 spiro atoms. The average Bonchev–Trinajstić information content (AvgIpc) is 2.78. The Kier molecular flexibility index (Phi) is 3.68. The molecule has 1 fully saturated rings. The molecule has 0 radical (unpaired) electrons. The van der Waals surface area contributed by atoms with E-state index in [0.29, 0.717) is 18.6 Å². The summed E-state index contributed by atoms with van der Waals surface area (Å²) in [5.74, 6) is -1.52. The summed E-state index contributed by atoms with van der Waals surface area (Å²) < 4.78 is 30.9. The molecule has 0 unspecified atom stereocenters. The lowest BCUT2D eigenvalue weighted by Crippen LogP contribution is -2.33. The maximum Gasteiger partial charge on any atom is 0.249 e. The molecule has 92 valence electrons. The lowest BCUT2D eigenvalue weighted by Gasteiger charge is -2.10. The second kappa shape index (κ2) is 5.23. The predicted molar refractivity (Wildman–Crippen MR) is 57.2 cm³/mol. The second-order valence-electron chi connectivity index (χ2n) is 4.00. The third kappa shape index (κ3) is 3.23. The van der Waals surface area contributed by atoms with Crippen LogP contribution in [0.1, 0.15) is 18.4 Å². The third-order valence-corrected chi connectivity index (χ3v) is 2.61. The summed E-state index contributed by atoms with van der Waals surface area (Å²) in [5.41, 5.74) is 0.397. The smallest absolute Gasteiger partial charge is 0.249 e. The molecule has 1 aromatic carbocycles. The van der Waals surface area contributed by atoms with E-state index >= 15 is 0 Å². The minimum absolute atomic E-state index is 0.105. The van der Waals surface area contributed by atoms with E-state index in [2.05, 4.69) is 5.32 Å². The molecule has 1 atom stereocenters. The van der Waals surface area contributed by atoms with Crippen molar-refractivity contribution in [2.24, 2.45) is 0 Å². The van der Waals surface area contributed by atoms with Gasteiger partial charge >= 0.3 is 0 Å². The van der Waals surface area contributed by atoms with Crippen molar-refractivity contribution >= 4 is 5.91 Å². The second-order valence-corrected chi connectivity index (χ2v) is 4.00. The molecule has 1 aromatic rings. The maximum atomic E-state index is 12.9. The van der Waals surface area contributed by atoms with E-state index in [-0.39, 0.29) is 12.5 Å². The van der Waals surface area contributed by atoms with E-state index in [1.54, 1.807) is 0 Å². The highest BCUT2D eigenvalue weighted by Crippen LogP contribution is 2.12. The van der Waals surface area contributed by atoms with Gasteiger partial charge in [0.1, 0.15) is 17.7 Å². The summed E-state index contributed by atoms with van der Waals surface area (Å²) in [7, 11) is 0. The molecule has 0 saturated carbocycles. The largest absolute Gasteiger partial charge is 0.368 e. The molecular weight excluding hydrogens is 228 g/mol. The van der Waals surface area contributed by atoms with Crippen LogP contribution in [0.3, 0.4) is 0 Å². The van der Waals surface area contributed by atoms with Gasteiger partial charge in [-0.05, 0) is 30.5 Å². The van der Waals surface area contributed by atoms with Crippen molar-refractivity contribution in [1.29, 1.82) is 0 Å². The fourth-order valence-corrected chi connectivity index (χ4v) is 1.80. The molecule has 3 nitrogen and oxygen atoms in total. The summed E-state index contributed by atoms with van der Waals surface area (Å²) in [5, 5.41) is 2.60. The molecule has 1 amide bonds. The third-order valence-electron chi connectivity index (χ3n) is 2.61. The zero-order chi connectivity index (χ0) is 12.3. The van der Waals surface area contributed by atoms with Gasteiger partial charge in [0, 0.05) is 19.2 Å². The van der Waals surface area contributed by atoms with Crippen LogP contribution in [-0.2, 0) is 16.1 Å². The monoisotopic (exact) mass is 241 g/mol. The van der Waals surface area contributed by atoms with Gasteiger partial charge < -0.3 is 10.1 Å². The lowest BCUT2D eigenvalue weighted by atomic mass is 10.2. The van der Waals surface area contributed by atoms with Crippen LogP contribution >= 0.6 is 0 Å². The first-order valence-electron chi connectivity index (χ1n) is 5.49. The summed E-state index contributed by atoms with van der Waals surface area (Å²) in [6.45, 7) is 0.694. The van der Waals surface area contributed by atoms with E-state index in [0.717, 1.165) is 12.5 Å². The zero-order valence-corrected chi connectivity index (χ0v) is 9.21. The Morgan fingerprint density at radius 2 is 2.06 bits per heavy atom. The van der Waals surface area contributed by atoms with Crippen LogP contribution < -0.4 is 5.32 Å². The van der Waals surface area contributed by atoms with Crippen molar-refractivity contribution in [3.05, 3.63) is 35.4 Å². The molecule has 0 bridgehead atoms. The molecule has 5 heteroatoms. The van der Waals surface area contributed by atoms with Crippen LogP contribution in [0.25, 0.3) is 0 Å². The van der Waals surface area contributed by atoms with Crippen molar-refractivity contribution < 1.29 is 18.3 Å². The van der Waals surface area contributed by atoms with Gasteiger partial charge in [-0.2, -0.15) is 0 Å². The fourth-order valence-electron chi connectivity index (χ4n) is 1.80. The number of amides is 1. The summed E-state index contributed by atoms with van der Waals surface area (Å²) in [6, 6.07) is 3.18. The highest BCUT2D eigenvalue weighted by molar-refractivity contribution is 5.80. The maximum absolute atomic E-state index is 12.9. The summed E-state index contributed by atoms with van der Waals surface area (Å²) >= 11 is 0. The first-order chi connectivity index (χ1) is 8.15. The molecule has 1 N–H and O–H groups in total. The van der Waals surface area contributed by atoms with Crippen LogP contribution in [0.15, 0.2) is 18.2 Å². The van der Waals surface area contributed by atoms with Gasteiger partial charge in [0.15, 0.2) is 0 Å². The number of halogens is 2. The number of rotatable bonds is 3. The van der Waals surface area contributed by atoms with E-state index < -0.39 is 17.7 Å². The fraction of sp³-hybridized carbons (Fsp3) is 0.417. The number of hydrogen-bond acceptors (Lipinski definition) is 2. The number of carbonyl (C=O) groups is 1. The van der Waals surface area contributed by atoms with Crippen LogP contribution in [0.5, 0.6) is 0 Å². The van der Waals surface area contributed by atoms with Gasteiger partial charge in [0.2, 0.25) is 5.91 Å². The Hall–Kier alpha value is -1.49. The Morgan fingerprint density at radius 1 is 1.35 bits per heavy atom. The van der Waals surface area contributed by atoms with Crippen molar-refractivity contribution in [3.63, 3.8) is 0 Å². The minimum Gasteiger partial charge on any atom is -0.368 e. The average molecular weight is 241 g/mol. The van der Waals surface area contributed by atoms with Gasteiger partial charge in [-0.3, -0.25) is 4.79 Å². The van der Waals surface area contributed by atoms with Crippen LogP contribution in [0.4, 0.5) is 8.78 Å². The zero-order valence-electron chi connectivity index (χ0n) is 9.21. The van der Waals surface area contributed by atoms with Crippen molar-refractivity contribution in [2.45, 2.75) is 25.5 Å². The normalized spacial score (nSPS) is 19.3. The van der Waals surface area contributed by atoms with Crippen LogP contribution in [0.2, 0.25) is 0 Å². The Balaban J connectivity index is 1.90. The number of benzene rings is 1. The molecule has 17 heavy (non-hydrogen) atoms. The summed E-state index contributed by atoms with van der Waals surface area (Å²) in [4.78, 5) is 11.6. The molecule has 0 aliphatic carbocycles. The van der Waals surface area contributed by atoms with Gasteiger partial charge in [-0.25, -0.2) is 8.78 Å². The molecule has 1 aliphatic rings. The van der Waals surface area contributed by atoms with Gasteiger partial charge in [0.25, 0.3) is 0 Å².